The molecule has 4 nitrogen and oxygen atoms in total. The smallest absolute Gasteiger partial charge is 0.345 e. The number of hydrogen-bond acceptors (Lipinski definition) is 4. The Morgan fingerprint density at radius 3 is 3.11 bits per heavy atom. The Balaban J connectivity index is 1.74. The van der Waals surface area contributed by atoms with Gasteiger partial charge < -0.3 is 15.2 Å². The van der Waals surface area contributed by atoms with Crippen LogP contribution in [0.2, 0.25) is 0 Å². The summed E-state index contributed by atoms with van der Waals surface area (Å²) in [6.07, 6.45) is 2.30. The fraction of sp³-hybridized carbons (Fsp3) is 0.615. The van der Waals surface area contributed by atoms with Crippen molar-refractivity contribution in [3.63, 3.8) is 0 Å². The largest absolute Gasteiger partial charge is 0.477 e. The fourth-order valence-corrected chi connectivity index (χ4v) is 3.02. The SMILES string of the molecule is Cc1sc(C(=O)O)cc1CNCCC1CCOC1. The molecular weight excluding hydrogens is 250 g/mol. The van der Waals surface area contributed by atoms with Crippen molar-refractivity contribution in [2.24, 2.45) is 5.92 Å². The van der Waals surface area contributed by atoms with Crippen molar-refractivity contribution in [2.45, 2.75) is 26.3 Å². The van der Waals surface area contributed by atoms with Crippen LogP contribution in [0.4, 0.5) is 0 Å². The van der Waals surface area contributed by atoms with Crippen molar-refractivity contribution in [1.29, 1.82) is 0 Å². The van der Waals surface area contributed by atoms with Gasteiger partial charge >= 0.3 is 5.97 Å². The van der Waals surface area contributed by atoms with Gasteiger partial charge in [0.25, 0.3) is 0 Å². The van der Waals surface area contributed by atoms with Crippen LogP contribution >= 0.6 is 11.3 Å². The number of ether oxygens (including phenoxy) is 1. The number of carboxylic acids is 1. The van der Waals surface area contributed by atoms with Crippen molar-refractivity contribution in [3.05, 3.63) is 21.4 Å². The molecule has 0 spiro atoms. The zero-order valence-electron chi connectivity index (χ0n) is 10.6. The number of carbonyl (C=O) groups is 1. The summed E-state index contributed by atoms with van der Waals surface area (Å²) in [6.45, 7) is 5.48. The van der Waals surface area contributed by atoms with Crippen LogP contribution in [-0.2, 0) is 11.3 Å². The molecule has 5 heteroatoms. The summed E-state index contributed by atoms with van der Waals surface area (Å²) < 4.78 is 5.33. The van der Waals surface area contributed by atoms with E-state index in [4.69, 9.17) is 9.84 Å². The number of rotatable bonds is 6. The molecule has 0 bridgehead atoms. The van der Waals surface area contributed by atoms with Gasteiger partial charge in [-0.1, -0.05) is 0 Å². The average molecular weight is 269 g/mol. The highest BCUT2D eigenvalue weighted by Crippen LogP contribution is 2.21. The first-order chi connectivity index (χ1) is 8.66. The molecule has 18 heavy (non-hydrogen) atoms. The van der Waals surface area contributed by atoms with Crippen LogP contribution in [0.5, 0.6) is 0 Å². The highest BCUT2D eigenvalue weighted by Gasteiger charge is 2.15. The second-order valence-corrected chi connectivity index (χ2v) is 5.95. The third-order valence-corrected chi connectivity index (χ3v) is 4.38. The summed E-state index contributed by atoms with van der Waals surface area (Å²) >= 11 is 1.35. The second kappa shape index (κ2) is 6.31. The van der Waals surface area contributed by atoms with E-state index in [1.807, 2.05) is 6.92 Å². The Kier molecular flexibility index (Phi) is 4.74. The minimum absolute atomic E-state index is 0.425. The quantitative estimate of drug-likeness (QED) is 0.778. The van der Waals surface area contributed by atoms with Crippen molar-refractivity contribution in [2.75, 3.05) is 19.8 Å². The van der Waals surface area contributed by atoms with Gasteiger partial charge in [0.2, 0.25) is 0 Å². The number of thiophene rings is 1. The van der Waals surface area contributed by atoms with Crippen molar-refractivity contribution in [1.82, 2.24) is 5.32 Å². The van der Waals surface area contributed by atoms with Gasteiger partial charge in [0.05, 0.1) is 0 Å². The highest BCUT2D eigenvalue weighted by molar-refractivity contribution is 7.14. The third-order valence-electron chi connectivity index (χ3n) is 3.30. The summed E-state index contributed by atoms with van der Waals surface area (Å²) in [6, 6.07) is 1.77. The topological polar surface area (TPSA) is 58.6 Å². The highest BCUT2D eigenvalue weighted by atomic mass is 32.1. The Hall–Kier alpha value is -0.910. The molecule has 1 atom stereocenters. The molecule has 0 aliphatic carbocycles. The average Bonchev–Trinajstić information content (AvgIpc) is 2.94. The van der Waals surface area contributed by atoms with Gasteiger partial charge in [-0.25, -0.2) is 4.79 Å². The maximum absolute atomic E-state index is 10.8. The van der Waals surface area contributed by atoms with E-state index < -0.39 is 5.97 Å². The van der Waals surface area contributed by atoms with Crippen molar-refractivity contribution in [3.8, 4) is 0 Å². The van der Waals surface area contributed by atoms with Crippen LogP contribution in [-0.4, -0.2) is 30.8 Å². The molecule has 0 saturated carbocycles. The molecule has 2 rings (SSSR count). The molecule has 100 valence electrons. The van der Waals surface area contributed by atoms with E-state index in [1.165, 1.54) is 17.8 Å². The summed E-state index contributed by atoms with van der Waals surface area (Å²) in [4.78, 5) is 12.4. The molecule has 0 radical (unpaired) electrons. The number of aromatic carboxylic acids is 1. The van der Waals surface area contributed by atoms with Gasteiger partial charge in [-0.3, -0.25) is 0 Å². The normalized spacial score (nSPS) is 19.3. The maximum atomic E-state index is 10.8. The maximum Gasteiger partial charge on any atom is 0.345 e. The van der Waals surface area contributed by atoms with Crippen LogP contribution in [0.15, 0.2) is 6.07 Å². The monoisotopic (exact) mass is 269 g/mol. The molecule has 0 aromatic carbocycles. The van der Waals surface area contributed by atoms with Crippen molar-refractivity contribution >= 4 is 17.3 Å². The first kappa shape index (κ1) is 13.5. The third kappa shape index (κ3) is 3.54. The fourth-order valence-electron chi connectivity index (χ4n) is 2.14. The van der Waals surface area contributed by atoms with E-state index in [2.05, 4.69) is 5.32 Å². The molecule has 1 fully saturated rings. The minimum atomic E-state index is -0.836. The molecule has 1 aliphatic heterocycles. The standard InChI is InChI=1S/C13H19NO3S/c1-9-11(6-12(18-9)13(15)16)7-14-4-2-10-3-5-17-8-10/h6,10,14H,2-5,7-8H2,1H3,(H,15,16). The van der Waals surface area contributed by atoms with E-state index in [0.29, 0.717) is 10.8 Å². The van der Waals surface area contributed by atoms with Gasteiger partial charge in [-0.05, 0) is 43.9 Å². The van der Waals surface area contributed by atoms with E-state index in [1.54, 1.807) is 6.07 Å². The Bertz CT molecular complexity index is 410. The molecule has 1 aliphatic rings. The number of nitrogens with one attached hydrogen (secondary N) is 1. The molecule has 2 heterocycles. The number of hydrogen-bond donors (Lipinski definition) is 2. The predicted molar refractivity (Wildman–Crippen MR) is 71.3 cm³/mol. The zero-order chi connectivity index (χ0) is 13.0. The van der Waals surface area contributed by atoms with Crippen LogP contribution in [0, 0.1) is 12.8 Å². The predicted octanol–water partition coefficient (Wildman–Crippen LogP) is 2.27. The Morgan fingerprint density at radius 1 is 1.67 bits per heavy atom. The summed E-state index contributed by atoms with van der Waals surface area (Å²) in [5.41, 5.74) is 1.10. The lowest BCUT2D eigenvalue weighted by molar-refractivity contribution is 0.0702. The Labute approximate surface area is 111 Å². The second-order valence-electron chi connectivity index (χ2n) is 4.69. The minimum Gasteiger partial charge on any atom is -0.477 e. The lowest BCUT2D eigenvalue weighted by atomic mass is 10.1. The molecule has 1 unspecified atom stereocenters. The van der Waals surface area contributed by atoms with Gasteiger partial charge in [-0.2, -0.15) is 0 Å². The molecule has 1 aromatic rings. The van der Waals surface area contributed by atoms with E-state index in [9.17, 15) is 4.79 Å². The summed E-state index contributed by atoms with van der Waals surface area (Å²) in [5, 5.41) is 12.3. The molecular formula is C13H19NO3S. The van der Waals surface area contributed by atoms with E-state index in [-0.39, 0.29) is 0 Å². The first-order valence-electron chi connectivity index (χ1n) is 6.28. The van der Waals surface area contributed by atoms with Gasteiger partial charge in [-0.15, -0.1) is 11.3 Å². The molecule has 1 aromatic heterocycles. The lowest BCUT2D eigenvalue weighted by Crippen LogP contribution is -2.18. The van der Waals surface area contributed by atoms with E-state index in [0.717, 1.165) is 43.2 Å². The number of carboxylic acid groups (broad SMARTS) is 1. The molecule has 2 N–H and O–H groups in total. The zero-order valence-corrected chi connectivity index (χ0v) is 11.4. The summed E-state index contributed by atoms with van der Waals surface area (Å²) in [7, 11) is 0. The van der Waals surface area contributed by atoms with Crippen LogP contribution < -0.4 is 5.32 Å². The van der Waals surface area contributed by atoms with Crippen LogP contribution in [0.25, 0.3) is 0 Å². The van der Waals surface area contributed by atoms with Crippen LogP contribution in [0.1, 0.15) is 33.0 Å². The lowest BCUT2D eigenvalue weighted by Gasteiger charge is -2.08. The first-order valence-corrected chi connectivity index (χ1v) is 7.09. The van der Waals surface area contributed by atoms with Gasteiger partial charge in [0, 0.05) is 24.6 Å². The van der Waals surface area contributed by atoms with E-state index >= 15 is 0 Å². The molecule has 1 saturated heterocycles. The summed E-state index contributed by atoms with van der Waals surface area (Å²) in [5.74, 6) is -0.145. The molecule has 0 amide bonds. The van der Waals surface area contributed by atoms with Crippen molar-refractivity contribution < 1.29 is 14.6 Å². The van der Waals surface area contributed by atoms with Gasteiger partial charge in [0.15, 0.2) is 0 Å². The van der Waals surface area contributed by atoms with Gasteiger partial charge in [0.1, 0.15) is 4.88 Å². The van der Waals surface area contributed by atoms with Crippen LogP contribution in [0.3, 0.4) is 0 Å². The Morgan fingerprint density at radius 2 is 2.50 bits per heavy atom. The number of aryl methyl sites for hydroxylation is 1.